The Balaban J connectivity index is 1.84. The standard InChI is InChI=1S/C16H16Cl2N2S/c17-14-7-4-8-15(18)13(14)11-21-16(19)20-10-9-12-5-2-1-3-6-12/h1-8H,9-11H2,(H2,19,20). The maximum Gasteiger partial charge on any atom is 0.154 e. The van der Waals surface area contributed by atoms with Gasteiger partial charge in [0.1, 0.15) is 0 Å². The maximum absolute atomic E-state index is 6.12. The molecule has 0 bridgehead atoms. The van der Waals surface area contributed by atoms with Crippen LogP contribution in [0.5, 0.6) is 0 Å². The topological polar surface area (TPSA) is 38.4 Å². The second kappa shape index (κ2) is 8.32. The van der Waals surface area contributed by atoms with Gasteiger partial charge in [0, 0.05) is 22.3 Å². The molecule has 0 radical (unpaired) electrons. The molecule has 0 atom stereocenters. The van der Waals surface area contributed by atoms with Crippen LogP contribution >= 0.6 is 35.0 Å². The second-order valence-electron chi connectivity index (χ2n) is 4.44. The smallest absolute Gasteiger partial charge is 0.154 e. The van der Waals surface area contributed by atoms with E-state index in [-0.39, 0.29) is 0 Å². The number of amidine groups is 1. The lowest BCUT2D eigenvalue weighted by Gasteiger charge is -2.06. The van der Waals surface area contributed by atoms with E-state index < -0.39 is 0 Å². The van der Waals surface area contributed by atoms with Gasteiger partial charge in [0.2, 0.25) is 0 Å². The monoisotopic (exact) mass is 338 g/mol. The minimum Gasteiger partial charge on any atom is -0.379 e. The highest BCUT2D eigenvalue weighted by Crippen LogP contribution is 2.28. The molecule has 0 saturated heterocycles. The molecule has 21 heavy (non-hydrogen) atoms. The molecule has 0 amide bonds. The SMILES string of the molecule is NC(=NCCc1ccccc1)SCc1c(Cl)cccc1Cl. The third-order valence-corrected chi connectivity index (χ3v) is 4.50. The zero-order valence-corrected chi connectivity index (χ0v) is 13.8. The Kier molecular flexibility index (Phi) is 6.43. The van der Waals surface area contributed by atoms with E-state index in [4.69, 9.17) is 28.9 Å². The summed E-state index contributed by atoms with van der Waals surface area (Å²) >= 11 is 13.7. The Hall–Kier alpha value is -1.16. The van der Waals surface area contributed by atoms with Crippen LogP contribution in [0.4, 0.5) is 0 Å². The largest absolute Gasteiger partial charge is 0.379 e. The van der Waals surface area contributed by atoms with Crippen molar-refractivity contribution < 1.29 is 0 Å². The van der Waals surface area contributed by atoms with Crippen LogP contribution in [0.1, 0.15) is 11.1 Å². The van der Waals surface area contributed by atoms with Gasteiger partial charge < -0.3 is 5.73 Å². The van der Waals surface area contributed by atoms with Crippen LogP contribution in [0.25, 0.3) is 0 Å². The molecule has 0 aliphatic rings. The average Bonchev–Trinajstić information content (AvgIpc) is 2.48. The average molecular weight is 339 g/mol. The first kappa shape index (κ1) is 16.2. The van der Waals surface area contributed by atoms with Crippen LogP contribution in [-0.4, -0.2) is 11.7 Å². The zero-order valence-electron chi connectivity index (χ0n) is 11.4. The van der Waals surface area contributed by atoms with Gasteiger partial charge in [-0.1, -0.05) is 71.4 Å². The summed E-state index contributed by atoms with van der Waals surface area (Å²) < 4.78 is 0. The third-order valence-electron chi connectivity index (χ3n) is 2.94. The number of rotatable bonds is 5. The first-order chi connectivity index (χ1) is 10.2. The van der Waals surface area contributed by atoms with E-state index in [9.17, 15) is 0 Å². The van der Waals surface area contributed by atoms with Crippen LogP contribution in [-0.2, 0) is 12.2 Å². The molecule has 2 N–H and O–H groups in total. The molecule has 5 heteroatoms. The molecule has 0 saturated carbocycles. The molecule has 2 rings (SSSR count). The van der Waals surface area contributed by atoms with E-state index in [0.717, 1.165) is 12.0 Å². The number of hydrogen-bond acceptors (Lipinski definition) is 2. The van der Waals surface area contributed by atoms with Crippen LogP contribution in [0.3, 0.4) is 0 Å². The van der Waals surface area contributed by atoms with Crippen molar-refractivity contribution in [2.24, 2.45) is 10.7 Å². The molecule has 2 aromatic rings. The molecule has 0 unspecified atom stereocenters. The highest BCUT2D eigenvalue weighted by molar-refractivity contribution is 8.13. The van der Waals surface area contributed by atoms with Crippen LogP contribution < -0.4 is 5.73 Å². The van der Waals surface area contributed by atoms with Crippen LogP contribution in [0.2, 0.25) is 10.0 Å². The predicted octanol–water partition coefficient (Wildman–Crippen LogP) is 4.78. The first-order valence-corrected chi connectivity index (χ1v) is 8.30. The van der Waals surface area contributed by atoms with Gasteiger partial charge in [-0.05, 0) is 29.7 Å². The maximum atomic E-state index is 6.12. The Morgan fingerprint density at radius 2 is 1.67 bits per heavy atom. The number of nitrogens with two attached hydrogens (primary N) is 1. The number of thioether (sulfide) groups is 1. The minimum atomic E-state index is 0.557. The van der Waals surface area contributed by atoms with E-state index in [1.165, 1.54) is 17.3 Å². The van der Waals surface area contributed by atoms with Crippen LogP contribution in [0, 0.1) is 0 Å². The van der Waals surface area contributed by atoms with Gasteiger partial charge in [-0.15, -0.1) is 0 Å². The van der Waals surface area contributed by atoms with Crippen molar-refractivity contribution in [2.75, 3.05) is 6.54 Å². The number of hydrogen-bond donors (Lipinski definition) is 1. The third kappa shape index (κ3) is 5.27. The summed E-state index contributed by atoms with van der Waals surface area (Å²) in [5, 5.41) is 1.88. The fraction of sp³-hybridized carbons (Fsp3) is 0.188. The molecule has 0 spiro atoms. The van der Waals surface area contributed by atoms with E-state index in [0.29, 0.717) is 27.5 Å². The van der Waals surface area contributed by atoms with Crippen molar-refractivity contribution in [3.05, 3.63) is 69.7 Å². The van der Waals surface area contributed by atoms with E-state index in [2.05, 4.69) is 17.1 Å². The number of benzene rings is 2. The van der Waals surface area contributed by atoms with Crippen molar-refractivity contribution in [1.29, 1.82) is 0 Å². The highest BCUT2D eigenvalue weighted by Gasteiger charge is 2.06. The van der Waals surface area contributed by atoms with Crippen molar-refractivity contribution >= 4 is 40.1 Å². The van der Waals surface area contributed by atoms with Gasteiger partial charge in [-0.3, -0.25) is 4.99 Å². The summed E-state index contributed by atoms with van der Waals surface area (Å²) in [4.78, 5) is 4.37. The molecule has 2 nitrogen and oxygen atoms in total. The summed E-state index contributed by atoms with van der Waals surface area (Å²) in [5.74, 6) is 0.624. The van der Waals surface area contributed by atoms with E-state index in [1.807, 2.05) is 36.4 Å². The lowest BCUT2D eigenvalue weighted by molar-refractivity contribution is 0.970. The Bertz CT molecular complexity index is 595. The highest BCUT2D eigenvalue weighted by atomic mass is 35.5. The minimum absolute atomic E-state index is 0.557. The van der Waals surface area contributed by atoms with Crippen molar-refractivity contribution in [2.45, 2.75) is 12.2 Å². The fourth-order valence-corrected chi connectivity index (χ4v) is 3.28. The lowest BCUT2D eigenvalue weighted by Crippen LogP contribution is -2.08. The molecule has 0 aliphatic carbocycles. The van der Waals surface area contributed by atoms with Gasteiger partial charge in [0.25, 0.3) is 0 Å². The van der Waals surface area contributed by atoms with E-state index >= 15 is 0 Å². The van der Waals surface area contributed by atoms with Crippen molar-refractivity contribution in [3.8, 4) is 0 Å². The molecule has 2 aromatic carbocycles. The Labute approximate surface area is 139 Å². The summed E-state index contributed by atoms with van der Waals surface area (Å²) in [6, 6.07) is 15.7. The number of halogens is 2. The summed E-state index contributed by atoms with van der Waals surface area (Å²) in [6.45, 7) is 0.680. The molecule has 0 heterocycles. The van der Waals surface area contributed by atoms with Crippen molar-refractivity contribution in [1.82, 2.24) is 0 Å². The quantitative estimate of drug-likeness (QED) is 0.629. The predicted molar refractivity (Wildman–Crippen MR) is 94.4 cm³/mol. The molecule has 0 fully saturated rings. The fourth-order valence-electron chi connectivity index (χ4n) is 1.80. The lowest BCUT2D eigenvalue weighted by atomic mass is 10.2. The van der Waals surface area contributed by atoms with Crippen LogP contribution in [0.15, 0.2) is 53.5 Å². The molecule has 0 aromatic heterocycles. The normalized spacial score (nSPS) is 11.6. The molecular weight excluding hydrogens is 323 g/mol. The van der Waals surface area contributed by atoms with Gasteiger partial charge in [-0.25, -0.2) is 0 Å². The summed E-state index contributed by atoms with van der Waals surface area (Å²) in [6.07, 6.45) is 0.884. The van der Waals surface area contributed by atoms with Gasteiger partial charge in [0.15, 0.2) is 5.17 Å². The summed E-state index contributed by atoms with van der Waals surface area (Å²) in [7, 11) is 0. The second-order valence-corrected chi connectivity index (χ2v) is 6.25. The number of nitrogens with zero attached hydrogens (tertiary/aromatic N) is 1. The molecule has 110 valence electrons. The van der Waals surface area contributed by atoms with Crippen molar-refractivity contribution in [3.63, 3.8) is 0 Å². The molecule has 0 aliphatic heterocycles. The Morgan fingerprint density at radius 3 is 2.33 bits per heavy atom. The van der Waals surface area contributed by atoms with E-state index in [1.54, 1.807) is 0 Å². The first-order valence-electron chi connectivity index (χ1n) is 6.56. The number of aliphatic imine (C=N–C) groups is 1. The zero-order chi connectivity index (χ0) is 15.1. The van der Waals surface area contributed by atoms with Gasteiger partial charge in [0.05, 0.1) is 0 Å². The van der Waals surface area contributed by atoms with Gasteiger partial charge in [-0.2, -0.15) is 0 Å². The summed E-state index contributed by atoms with van der Waals surface area (Å²) in [5.41, 5.74) is 8.07. The van der Waals surface area contributed by atoms with Gasteiger partial charge >= 0.3 is 0 Å². The Morgan fingerprint density at radius 1 is 1.00 bits per heavy atom. The molecular formula is C16H16Cl2N2S.